The number of aromatic nitrogens is 3. The molecular formula is C13H10N4S. The minimum absolute atomic E-state index is 0.644. The third-order valence-corrected chi connectivity index (χ3v) is 2.92. The summed E-state index contributed by atoms with van der Waals surface area (Å²) >= 11 is 1.27. The molecule has 0 spiro atoms. The summed E-state index contributed by atoms with van der Waals surface area (Å²) in [5.41, 5.74) is 1.82. The summed E-state index contributed by atoms with van der Waals surface area (Å²) in [4.78, 5) is 6.64. The predicted octanol–water partition coefficient (Wildman–Crippen LogP) is 1.61. The second kappa shape index (κ2) is 4.93. The average molecular weight is 254 g/mol. The van der Waals surface area contributed by atoms with E-state index in [2.05, 4.69) is 14.6 Å². The highest BCUT2D eigenvalue weighted by atomic mass is 32.1. The van der Waals surface area contributed by atoms with Crippen LogP contribution in [0.2, 0.25) is 0 Å². The number of hydrogen-bond donors (Lipinski definition) is 0. The smallest absolute Gasteiger partial charge is 0.240 e. The van der Waals surface area contributed by atoms with Gasteiger partial charge in [0.2, 0.25) is 5.69 Å². The van der Waals surface area contributed by atoms with Crippen LogP contribution in [0.5, 0.6) is 0 Å². The minimum atomic E-state index is 0.644. The number of nitrogens with zero attached hydrogens (tertiary/aromatic N) is 4. The summed E-state index contributed by atoms with van der Waals surface area (Å²) in [6.45, 7) is 0. The molecule has 0 saturated heterocycles. The Hall–Kier alpha value is -2.27. The van der Waals surface area contributed by atoms with Crippen LogP contribution in [0.15, 0.2) is 65.7 Å². The van der Waals surface area contributed by atoms with Crippen molar-refractivity contribution in [3.05, 3.63) is 65.5 Å². The van der Waals surface area contributed by atoms with Gasteiger partial charge >= 0.3 is 0 Å². The molecule has 2 aromatic carbocycles. The van der Waals surface area contributed by atoms with Crippen LogP contribution in [0.1, 0.15) is 0 Å². The van der Waals surface area contributed by atoms with Gasteiger partial charge in [-0.15, -0.1) is 0 Å². The molecule has 0 saturated carbocycles. The van der Waals surface area contributed by atoms with Gasteiger partial charge in [0.05, 0.1) is 0 Å². The quantitative estimate of drug-likeness (QED) is 0.652. The van der Waals surface area contributed by atoms with Gasteiger partial charge < -0.3 is 4.99 Å². The van der Waals surface area contributed by atoms with Crippen LogP contribution in [0.4, 0.5) is 5.69 Å². The van der Waals surface area contributed by atoms with E-state index in [1.54, 1.807) is 4.80 Å². The molecular weight excluding hydrogens is 244 g/mol. The third kappa shape index (κ3) is 2.36. The molecule has 18 heavy (non-hydrogen) atoms. The molecule has 88 valence electrons. The van der Waals surface area contributed by atoms with Gasteiger partial charge in [-0.05, 0) is 22.0 Å². The molecule has 0 bridgehead atoms. The lowest BCUT2D eigenvalue weighted by molar-refractivity contribution is -0.716. The van der Waals surface area contributed by atoms with Crippen molar-refractivity contribution >= 4 is 17.2 Å². The molecule has 0 aliphatic carbocycles. The monoisotopic (exact) mass is 254 g/mol. The van der Waals surface area contributed by atoms with E-state index in [-0.39, 0.29) is 0 Å². The maximum Gasteiger partial charge on any atom is 0.240 e. The fraction of sp³-hybridized carbons (Fsp3) is 0. The van der Waals surface area contributed by atoms with Crippen LogP contribution in [-0.2, 0) is 0 Å². The summed E-state index contributed by atoms with van der Waals surface area (Å²) in [5, 5.41) is 4.33. The van der Waals surface area contributed by atoms with Crippen molar-refractivity contribution in [2.45, 2.75) is 0 Å². The van der Waals surface area contributed by atoms with Crippen molar-refractivity contribution in [2.75, 3.05) is 0 Å². The van der Waals surface area contributed by atoms with Gasteiger partial charge in [0, 0.05) is 12.1 Å². The van der Waals surface area contributed by atoms with E-state index in [4.69, 9.17) is 0 Å². The highest BCUT2D eigenvalue weighted by Crippen LogP contribution is 2.07. The molecule has 0 amide bonds. The molecule has 0 aliphatic heterocycles. The Balaban J connectivity index is 1.98. The van der Waals surface area contributed by atoms with Gasteiger partial charge in [-0.3, -0.25) is 0 Å². The molecule has 0 atom stereocenters. The third-order valence-electron chi connectivity index (χ3n) is 2.35. The lowest BCUT2D eigenvalue weighted by Crippen LogP contribution is -2.39. The SMILES string of the molecule is c1ccc(N=c2[n-][n+](-c3ccccc3)ns2)cc1. The molecule has 0 fully saturated rings. The van der Waals surface area contributed by atoms with E-state index >= 15 is 0 Å². The first-order valence-electron chi connectivity index (χ1n) is 5.50. The Labute approximate surface area is 108 Å². The first kappa shape index (κ1) is 10.9. The molecule has 1 aromatic heterocycles. The Kier molecular flexibility index (Phi) is 2.97. The standard InChI is InChI=1S/C13H10N4S/c1-3-7-11(8-4-1)14-13-15-17(16-18-13)12-9-5-2-6-10-12/h1-10H. The number of para-hydroxylation sites is 2. The maximum atomic E-state index is 4.41. The van der Waals surface area contributed by atoms with Crippen molar-refractivity contribution < 1.29 is 4.80 Å². The van der Waals surface area contributed by atoms with Crippen molar-refractivity contribution in [3.8, 4) is 5.69 Å². The van der Waals surface area contributed by atoms with Crippen LogP contribution < -0.4 is 14.7 Å². The summed E-state index contributed by atoms with van der Waals surface area (Å²) in [6, 6.07) is 19.5. The van der Waals surface area contributed by atoms with Gasteiger partial charge in [-0.25, -0.2) is 0 Å². The first-order chi connectivity index (χ1) is 8.92. The fourth-order valence-electron chi connectivity index (χ4n) is 1.51. The van der Waals surface area contributed by atoms with Crippen molar-refractivity contribution in [1.82, 2.24) is 9.59 Å². The largest absolute Gasteiger partial charge is 0.347 e. The number of benzene rings is 2. The second-order valence-electron chi connectivity index (χ2n) is 3.63. The summed E-state index contributed by atoms with van der Waals surface area (Å²) < 4.78 is 4.24. The highest BCUT2D eigenvalue weighted by Gasteiger charge is 2.02. The van der Waals surface area contributed by atoms with Crippen LogP contribution in [0.3, 0.4) is 0 Å². The predicted molar refractivity (Wildman–Crippen MR) is 68.6 cm³/mol. The average Bonchev–Trinajstić information content (AvgIpc) is 2.89. The van der Waals surface area contributed by atoms with Crippen molar-refractivity contribution in [1.29, 1.82) is 0 Å². The second-order valence-corrected chi connectivity index (χ2v) is 4.34. The minimum Gasteiger partial charge on any atom is -0.347 e. The normalized spacial score (nSPS) is 11.7. The lowest BCUT2D eigenvalue weighted by atomic mass is 10.3. The molecule has 5 heteroatoms. The van der Waals surface area contributed by atoms with Crippen molar-refractivity contribution in [3.63, 3.8) is 0 Å². The molecule has 0 unspecified atom stereocenters. The highest BCUT2D eigenvalue weighted by molar-refractivity contribution is 7.02. The maximum absolute atomic E-state index is 4.41. The summed E-state index contributed by atoms with van der Waals surface area (Å²) in [6.07, 6.45) is 0. The van der Waals surface area contributed by atoms with Crippen LogP contribution in [0, 0.1) is 0 Å². The number of rotatable bonds is 2. The topological polar surface area (TPSA) is 43.2 Å². The zero-order valence-corrected chi connectivity index (χ0v) is 10.3. The Morgan fingerprint density at radius 3 is 2.33 bits per heavy atom. The Bertz CT molecular complexity index is 686. The zero-order valence-electron chi connectivity index (χ0n) is 9.47. The van der Waals surface area contributed by atoms with E-state index < -0.39 is 0 Å². The summed E-state index contributed by atoms with van der Waals surface area (Å²) in [7, 11) is 0. The molecule has 0 radical (unpaired) electrons. The molecule has 3 aromatic rings. The van der Waals surface area contributed by atoms with E-state index in [0.717, 1.165) is 11.4 Å². The van der Waals surface area contributed by atoms with Crippen molar-refractivity contribution in [2.24, 2.45) is 4.99 Å². The van der Waals surface area contributed by atoms with E-state index in [1.807, 2.05) is 60.7 Å². The molecule has 0 aliphatic rings. The first-order valence-corrected chi connectivity index (χ1v) is 6.28. The lowest BCUT2D eigenvalue weighted by Gasteiger charge is -1.92. The summed E-state index contributed by atoms with van der Waals surface area (Å²) in [5.74, 6) is 0. The van der Waals surface area contributed by atoms with Gasteiger partial charge in [0.1, 0.15) is 4.80 Å². The van der Waals surface area contributed by atoms with Crippen LogP contribution in [0.25, 0.3) is 5.69 Å². The van der Waals surface area contributed by atoms with Gasteiger partial charge in [-0.2, -0.15) is 0 Å². The Morgan fingerprint density at radius 1 is 0.944 bits per heavy atom. The van der Waals surface area contributed by atoms with E-state index in [9.17, 15) is 0 Å². The van der Waals surface area contributed by atoms with Gasteiger partial charge in [-0.1, -0.05) is 58.1 Å². The van der Waals surface area contributed by atoms with Gasteiger partial charge in [0.25, 0.3) is 0 Å². The fourth-order valence-corrected chi connectivity index (χ4v) is 2.06. The van der Waals surface area contributed by atoms with Gasteiger partial charge in [0.15, 0.2) is 0 Å². The Morgan fingerprint density at radius 2 is 1.61 bits per heavy atom. The zero-order chi connectivity index (χ0) is 12.2. The molecule has 1 heterocycles. The van der Waals surface area contributed by atoms with E-state index in [0.29, 0.717) is 4.80 Å². The molecule has 4 nitrogen and oxygen atoms in total. The number of hydrogen-bond acceptors (Lipinski definition) is 3. The van der Waals surface area contributed by atoms with E-state index in [1.165, 1.54) is 11.5 Å². The molecule has 0 N–H and O–H groups in total. The van der Waals surface area contributed by atoms with Crippen LogP contribution >= 0.6 is 11.5 Å². The van der Waals surface area contributed by atoms with Crippen LogP contribution in [-0.4, -0.2) is 4.49 Å². The molecule has 3 rings (SSSR count).